The smallest absolute Gasteiger partial charge is 0.408 e. The van der Waals surface area contributed by atoms with Gasteiger partial charge in [-0.05, 0) is 58.2 Å². The molecule has 3 aliphatic carbocycles. The molecule has 5 nitrogen and oxygen atoms in total. The monoisotopic (exact) mass is 361 g/mol. The first kappa shape index (κ1) is 17.0. The van der Waals surface area contributed by atoms with Gasteiger partial charge in [-0.25, -0.2) is 18.6 Å². The molecule has 0 radical (unpaired) electrons. The highest BCUT2D eigenvalue weighted by Crippen LogP contribution is 2.65. The van der Waals surface area contributed by atoms with Crippen molar-refractivity contribution in [3.63, 3.8) is 0 Å². The molecule has 26 heavy (non-hydrogen) atoms. The second kappa shape index (κ2) is 5.28. The van der Waals surface area contributed by atoms with Crippen molar-refractivity contribution >= 4 is 6.09 Å². The van der Waals surface area contributed by atoms with Gasteiger partial charge in [0.05, 0.1) is 23.1 Å². The summed E-state index contributed by atoms with van der Waals surface area (Å²) >= 11 is 0. The summed E-state index contributed by atoms with van der Waals surface area (Å²) < 4.78 is 33.8. The van der Waals surface area contributed by atoms with Crippen molar-refractivity contribution in [3.05, 3.63) is 42.4 Å². The van der Waals surface area contributed by atoms with E-state index in [0.29, 0.717) is 11.3 Å². The molecular weight excluding hydrogens is 340 g/mol. The van der Waals surface area contributed by atoms with E-state index < -0.39 is 17.2 Å². The Morgan fingerprint density at radius 2 is 1.92 bits per heavy atom. The molecule has 1 aromatic heterocycles. The lowest BCUT2D eigenvalue weighted by Crippen LogP contribution is -2.78. The zero-order valence-electron chi connectivity index (χ0n) is 15.0. The summed E-state index contributed by atoms with van der Waals surface area (Å²) in [5.41, 5.74) is 0.362. The van der Waals surface area contributed by atoms with E-state index >= 15 is 0 Å². The minimum Gasteiger partial charge on any atom is -0.444 e. The first-order valence-corrected chi connectivity index (χ1v) is 8.61. The van der Waals surface area contributed by atoms with Crippen molar-refractivity contribution in [3.8, 4) is 11.3 Å². The van der Waals surface area contributed by atoms with E-state index in [0.717, 1.165) is 31.4 Å². The van der Waals surface area contributed by atoms with Crippen LogP contribution in [0.5, 0.6) is 0 Å². The number of rotatable bonds is 3. The van der Waals surface area contributed by atoms with Gasteiger partial charge in [0.1, 0.15) is 5.60 Å². The first-order valence-electron chi connectivity index (χ1n) is 8.61. The minimum absolute atomic E-state index is 0.0567. The Balaban J connectivity index is 1.42. The molecule has 0 atom stereocenters. The predicted molar refractivity (Wildman–Crippen MR) is 91.5 cm³/mol. The molecule has 1 aromatic carbocycles. The topological polar surface area (TPSA) is 56.1 Å². The van der Waals surface area contributed by atoms with Gasteiger partial charge in [-0.2, -0.15) is 0 Å². The van der Waals surface area contributed by atoms with Crippen molar-refractivity contribution < 1.29 is 18.3 Å². The third kappa shape index (κ3) is 2.75. The van der Waals surface area contributed by atoms with Crippen LogP contribution in [0.4, 0.5) is 13.6 Å². The Labute approximate surface area is 150 Å². The Morgan fingerprint density at radius 1 is 1.23 bits per heavy atom. The molecular formula is C19H21F2N3O2. The number of hydrogen-bond donors (Lipinski definition) is 1. The molecule has 1 heterocycles. The number of benzene rings is 1. The van der Waals surface area contributed by atoms with Crippen molar-refractivity contribution in [1.29, 1.82) is 0 Å². The fourth-order valence-electron chi connectivity index (χ4n) is 4.05. The standard InChI is InChI=1S/C19H21F2N3O2/c1-17(2,3)26-16(25)23-18-8-19(9-18,10-18)24-7-15(22-11-24)12-4-5-13(20)14(21)6-12/h4-7,11H,8-10H2,1-3H3,(H,23,25). The van der Waals surface area contributed by atoms with Crippen LogP contribution in [0.3, 0.4) is 0 Å². The number of carbonyl (C=O) groups is 1. The molecule has 5 rings (SSSR count). The molecule has 2 aromatic rings. The zero-order chi connectivity index (χ0) is 18.7. The lowest BCUT2D eigenvalue weighted by atomic mass is 9.44. The van der Waals surface area contributed by atoms with E-state index in [2.05, 4.69) is 10.3 Å². The Kier molecular flexibility index (Phi) is 3.45. The summed E-state index contributed by atoms with van der Waals surface area (Å²) in [6.07, 6.45) is 5.61. The lowest BCUT2D eigenvalue weighted by molar-refractivity contribution is -0.136. The molecule has 1 N–H and O–H groups in total. The Hall–Kier alpha value is -2.44. The summed E-state index contributed by atoms with van der Waals surface area (Å²) in [4.78, 5) is 16.3. The van der Waals surface area contributed by atoms with Crippen LogP contribution in [0.15, 0.2) is 30.7 Å². The molecule has 3 fully saturated rings. The number of hydrogen-bond acceptors (Lipinski definition) is 3. The number of nitrogens with one attached hydrogen (secondary N) is 1. The molecule has 0 spiro atoms. The van der Waals surface area contributed by atoms with Crippen LogP contribution in [0.2, 0.25) is 0 Å². The molecule has 0 saturated heterocycles. The van der Waals surface area contributed by atoms with Gasteiger partial charge in [-0.3, -0.25) is 0 Å². The summed E-state index contributed by atoms with van der Waals surface area (Å²) in [6, 6.07) is 3.76. The van der Waals surface area contributed by atoms with Crippen LogP contribution in [0.25, 0.3) is 11.3 Å². The maximum atomic E-state index is 13.4. The van der Waals surface area contributed by atoms with Crippen LogP contribution in [-0.4, -0.2) is 26.8 Å². The number of imidazole rings is 1. The van der Waals surface area contributed by atoms with E-state index in [1.807, 2.05) is 31.5 Å². The maximum absolute atomic E-state index is 13.4. The highest BCUT2D eigenvalue weighted by Gasteiger charge is 2.70. The van der Waals surface area contributed by atoms with Gasteiger partial charge >= 0.3 is 6.09 Å². The maximum Gasteiger partial charge on any atom is 0.408 e. The predicted octanol–water partition coefficient (Wildman–Crippen LogP) is 3.98. The summed E-state index contributed by atoms with van der Waals surface area (Å²) in [7, 11) is 0. The highest BCUT2D eigenvalue weighted by molar-refractivity contribution is 5.70. The van der Waals surface area contributed by atoms with Gasteiger partial charge in [-0.15, -0.1) is 0 Å². The fraction of sp³-hybridized carbons (Fsp3) is 0.474. The van der Waals surface area contributed by atoms with E-state index in [1.54, 1.807) is 6.33 Å². The Morgan fingerprint density at radius 3 is 2.54 bits per heavy atom. The van der Waals surface area contributed by atoms with E-state index in [9.17, 15) is 13.6 Å². The second-order valence-corrected chi connectivity index (χ2v) is 8.46. The molecule has 7 heteroatoms. The molecule has 3 aliphatic rings. The summed E-state index contributed by atoms with van der Waals surface area (Å²) in [5.74, 6) is -1.76. The minimum atomic E-state index is -0.886. The van der Waals surface area contributed by atoms with Crippen molar-refractivity contribution in [2.75, 3.05) is 0 Å². The molecule has 1 amide bonds. The Bertz CT molecular complexity index is 865. The molecule has 2 bridgehead atoms. The van der Waals surface area contributed by atoms with E-state index in [-0.39, 0.29) is 17.2 Å². The van der Waals surface area contributed by atoms with Crippen molar-refractivity contribution in [1.82, 2.24) is 14.9 Å². The normalized spacial score (nSPS) is 26.7. The number of ether oxygens (including phenoxy) is 1. The SMILES string of the molecule is CC(C)(C)OC(=O)NC12CC(n3cnc(-c4ccc(F)c(F)c4)c3)(C1)C2. The molecule has 0 unspecified atom stereocenters. The quantitative estimate of drug-likeness (QED) is 0.899. The number of nitrogens with zero attached hydrogens (tertiary/aromatic N) is 2. The average Bonchev–Trinajstić information content (AvgIpc) is 2.92. The van der Waals surface area contributed by atoms with E-state index in [1.165, 1.54) is 6.07 Å². The van der Waals surface area contributed by atoms with E-state index in [4.69, 9.17) is 4.74 Å². The second-order valence-electron chi connectivity index (χ2n) is 8.46. The van der Waals surface area contributed by atoms with Crippen molar-refractivity contribution in [2.45, 2.75) is 56.7 Å². The zero-order valence-corrected chi connectivity index (χ0v) is 15.0. The van der Waals surface area contributed by atoms with Gasteiger partial charge in [0.25, 0.3) is 0 Å². The van der Waals surface area contributed by atoms with Crippen LogP contribution in [0.1, 0.15) is 40.0 Å². The average molecular weight is 361 g/mol. The number of carbonyl (C=O) groups excluding carboxylic acids is 1. The van der Waals surface area contributed by atoms with Gasteiger partial charge in [0, 0.05) is 11.8 Å². The van der Waals surface area contributed by atoms with Crippen LogP contribution < -0.4 is 5.32 Å². The number of amides is 1. The number of halogens is 2. The summed E-state index contributed by atoms with van der Waals surface area (Å²) in [6.45, 7) is 5.50. The molecule has 3 saturated carbocycles. The third-order valence-corrected chi connectivity index (χ3v) is 5.11. The number of aromatic nitrogens is 2. The van der Waals surface area contributed by atoms with Crippen LogP contribution >= 0.6 is 0 Å². The van der Waals surface area contributed by atoms with Crippen LogP contribution in [-0.2, 0) is 10.3 Å². The lowest BCUT2D eigenvalue weighted by Gasteiger charge is -2.70. The third-order valence-electron chi connectivity index (χ3n) is 5.11. The van der Waals surface area contributed by atoms with Gasteiger partial charge < -0.3 is 14.6 Å². The van der Waals surface area contributed by atoms with Crippen molar-refractivity contribution in [2.24, 2.45) is 0 Å². The first-order chi connectivity index (χ1) is 12.1. The molecule has 0 aliphatic heterocycles. The van der Waals surface area contributed by atoms with Gasteiger partial charge in [-0.1, -0.05) is 0 Å². The van der Waals surface area contributed by atoms with Gasteiger partial charge in [0.2, 0.25) is 0 Å². The highest BCUT2D eigenvalue weighted by atomic mass is 19.2. The van der Waals surface area contributed by atoms with Gasteiger partial charge in [0.15, 0.2) is 11.6 Å². The van der Waals surface area contributed by atoms with Crippen LogP contribution in [0, 0.1) is 11.6 Å². The molecule has 138 valence electrons. The summed E-state index contributed by atoms with van der Waals surface area (Å²) in [5, 5.41) is 2.98. The largest absolute Gasteiger partial charge is 0.444 e. The number of alkyl carbamates (subject to hydrolysis) is 1. The fourth-order valence-corrected chi connectivity index (χ4v) is 4.05.